The van der Waals surface area contributed by atoms with Crippen LogP contribution in [0.1, 0.15) is 34.1 Å². The van der Waals surface area contributed by atoms with E-state index in [1.807, 2.05) is 62.0 Å². The van der Waals surface area contributed by atoms with Gasteiger partial charge in [0.25, 0.3) is 0 Å². The van der Waals surface area contributed by atoms with Crippen molar-refractivity contribution in [3.05, 3.63) is 63.9 Å². The van der Waals surface area contributed by atoms with Crippen LogP contribution in [-0.4, -0.2) is 20.7 Å². The van der Waals surface area contributed by atoms with Gasteiger partial charge in [-0.1, -0.05) is 18.2 Å². The Morgan fingerprint density at radius 1 is 1.29 bits per heavy atom. The SMILES string of the molecule is Cc1nc(CC(=O)N[C@@H](C)c2ccccc2-n2cccn2)c(C)s1. The van der Waals surface area contributed by atoms with Crippen molar-refractivity contribution in [1.29, 1.82) is 0 Å². The van der Waals surface area contributed by atoms with Crippen molar-refractivity contribution < 1.29 is 4.79 Å². The molecule has 0 bridgehead atoms. The zero-order valence-electron chi connectivity index (χ0n) is 14.0. The smallest absolute Gasteiger partial charge is 0.226 e. The summed E-state index contributed by atoms with van der Waals surface area (Å²) in [6.45, 7) is 5.95. The number of nitrogens with zero attached hydrogens (tertiary/aromatic N) is 3. The van der Waals surface area contributed by atoms with Crippen molar-refractivity contribution in [2.75, 3.05) is 0 Å². The van der Waals surface area contributed by atoms with E-state index in [4.69, 9.17) is 0 Å². The highest BCUT2D eigenvalue weighted by atomic mass is 32.1. The van der Waals surface area contributed by atoms with Crippen LogP contribution in [0.15, 0.2) is 42.7 Å². The monoisotopic (exact) mass is 340 g/mol. The number of nitrogens with one attached hydrogen (secondary N) is 1. The number of aromatic nitrogens is 3. The van der Waals surface area contributed by atoms with Crippen LogP contribution >= 0.6 is 11.3 Å². The van der Waals surface area contributed by atoms with E-state index in [9.17, 15) is 4.79 Å². The van der Waals surface area contributed by atoms with Crippen LogP contribution in [0, 0.1) is 13.8 Å². The number of hydrogen-bond acceptors (Lipinski definition) is 4. The lowest BCUT2D eigenvalue weighted by Gasteiger charge is -2.18. The largest absolute Gasteiger partial charge is 0.349 e. The summed E-state index contributed by atoms with van der Waals surface area (Å²) >= 11 is 1.62. The number of carbonyl (C=O) groups excluding carboxylic acids is 1. The molecule has 1 amide bonds. The lowest BCUT2D eigenvalue weighted by molar-refractivity contribution is -0.121. The van der Waals surface area contributed by atoms with Crippen LogP contribution in [-0.2, 0) is 11.2 Å². The van der Waals surface area contributed by atoms with Crippen LogP contribution in [0.4, 0.5) is 0 Å². The van der Waals surface area contributed by atoms with Gasteiger partial charge in [-0.25, -0.2) is 9.67 Å². The molecule has 0 aliphatic carbocycles. The molecule has 24 heavy (non-hydrogen) atoms. The Kier molecular flexibility index (Phi) is 4.76. The molecule has 5 nitrogen and oxygen atoms in total. The second-order valence-electron chi connectivity index (χ2n) is 5.71. The van der Waals surface area contributed by atoms with Gasteiger partial charge in [0.05, 0.1) is 28.9 Å². The van der Waals surface area contributed by atoms with E-state index in [1.54, 1.807) is 17.5 Å². The number of para-hydroxylation sites is 1. The molecular weight excluding hydrogens is 320 g/mol. The fourth-order valence-electron chi connectivity index (χ4n) is 2.73. The molecule has 0 aliphatic heterocycles. The first-order valence-corrected chi connectivity index (χ1v) is 8.67. The predicted octanol–water partition coefficient (Wildman–Crippen LogP) is 3.37. The van der Waals surface area contributed by atoms with Crippen LogP contribution in [0.25, 0.3) is 5.69 Å². The summed E-state index contributed by atoms with van der Waals surface area (Å²) < 4.78 is 1.81. The first-order chi connectivity index (χ1) is 11.5. The Bertz CT molecular complexity index is 839. The first-order valence-electron chi connectivity index (χ1n) is 7.86. The van der Waals surface area contributed by atoms with Crippen molar-refractivity contribution in [3.8, 4) is 5.69 Å². The summed E-state index contributed by atoms with van der Waals surface area (Å²) in [7, 11) is 0. The van der Waals surface area contributed by atoms with Gasteiger partial charge in [0, 0.05) is 17.3 Å². The zero-order chi connectivity index (χ0) is 17.1. The first kappa shape index (κ1) is 16.4. The molecular formula is C18H20N4OS. The van der Waals surface area contributed by atoms with E-state index in [0.717, 1.165) is 26.8 Å². The minimum Gasteiger partial charge on any atom is -0.349 e. The molecule has 1 aromatic carbocycles. The maximum atomic E-state index is 12.4. The Morgan fingerprint density at radius 3 is 2.75 bits per heavy atom. The Balaban J connectivity index is 1.74. The lowest BCUT2D eigenvalue weighted by Crippen LogP contribution is -2.29. The molecule has 2 heterocycles. The van der Waals surface area contributed by atoms with Crippen molar-refractivity contribution in [2.45, 2.75) is 33.2 Å². The van der Waals surface area contributed by atoms with Gasteiger partial charge in [0.15, 0.2) is 0 Å². The summed E-state index contributed by atoms with van der Waals surface area (Å²) in [5.41, 5.74) is 2.86. The molecule has 0 unspecified atom stereocenters. The summed E-state index contributed by atoms with van der Waals surface area (Å²) in [5.74, 6) is -0.0221. The fourth-order valence-corrected chi connectivity index (χ4v) is 3.57. The van der Waals surface area contributed by atoms with Crippen molar-refractivity contribution in [1.82, 2.24) is 20.1 Å². The molecule has 3 aromatic rings. The topological polar surface area (TPSA) is 59.8 Å². The number of rotatable bonds is 5. The Morgan fingerprint density at radius 2 is 2.08 bits per heavy atom. The fraction of sp³-hybridized carbons (Fsp3) is 0.278. The normalized spacial score (nSPS) is 12.1. The molecule has 0 aliphatic rings. The molecule has 0 saturated heterocycles. The predicted molar refractivity (Wildman–Crippen MR) is 95.4 cm³/mol. The quantitative estimate of drug-likeness (QED) is 0.775. The number of benzene rings is 1. The van der Waals surface area contributed by atoms with E-state index >= 15 is 0 Å². The molecule has 0 spiro atoms. The average molecular weight is 340 g/mol. The zero-order valence-corrected chi connectivity index (χ0v) is 14.8. The van der Waals surface area contributed by atoms with Gasteiger partial charge in [-0.15, -0.1) is 11.3 Å². The van der Waals surface area contributed by atoms with E-state index in [-0.39, 0.29) is 11.9 Å². The van der Waals surface area contributed by atoms with E-state index in [0.29, 0.717) is 6.42 Å². The van der Waals surface area contributed by atoms with Crippen LogP contribution < -0.4 is 5.32 Å². The summed E-state index contributed by atoms with van der Waals surface area (Å²) in [5, 5.41) is 8.35. The van der Waals surface area contributed by atoms with E-state index < -0.39 is 0 Å². The highest BCUT2D eigenvalue weighted by Gasteiger charge is 2.16. The Labute approximate surface area is 145 Å². The number of carbonyl (C=O) groups is 1. The van der Waals surface area contributed by atoms with Gasteiger partial charge >= 0.3 is 0 Å². The highest BCUT2D eigenvalue weighted by Crippen LogP contribution is 2.22. The third-order valence-corrected chi connectivity index (χ3v) is 4.79. The molecule has 3 rings (SSSR count). The molecule has 124 valence electrons. The third-order valence-electron chi connectivity index (χ3n) is 3.86. The van der Waals surface area contributed by atoms with E-state index in [1.165, 1.54) is 0 Å². The Hall–Kier alpha value is -2.47. The van der Waals surface area contributed by atoms with Crippen molar-refractivity contribution in [2.24, 2.45) is 0 Å². The average Bonchev–Trinajstić information content (AvgIpc) is 3.17. The number of amides is 1. The highest BCUT2D eigenvalue weighted by molar-refractivity contribution is 7.11. The second kappa shape index (κ2) is 6.97. The van der Waals surface area contributed by atoms with Crippen LogP contribution in [0.2, 0.25) is 0 Å². The molecule has 2 aromatic heterocycles. The third kappa shape index (κ3) is 3.54. The minimum absolute atomic E-state index is 0.0221. The van der Waals surface area contributed by atoms with Gasteiger partial charge in [-0.3, -0.25) is 4.79 Å². The summed E-state index contributed by atoms with van der Waals surface area (Å²) in [4.78, 5) is 17.9. The lowest BCUT2D eigenvalue weighted by atomic mass is 10.1. The number of thiazole rings is 1. The van der Waals surface area contributed by atoms with Crippen molar-refractivity contribution >= 4 is 17.2 Å². The summed E-state index contributed by atoms with van der Waals surface area (Å²) in [6.07, 6.45) is 3.95. The maximum absolute atomic E-state index is 12.4. The van der Waals surface area contributed by atoms with Gasteiger partial charge in [0.2, 0.25) is 5.91 Å². The van der Waals surface area contributed by atoms with E-state index in [2.05, 4.69) is 15.4 Å². The molecule has 0 radical (unpaired) electrons. The molecule has 0 fully saturated rings. The molecule has 1 N–H and O–H groups in total. The standard InChI is InChI=1S/C18H20N4OS/c1-12(20-18(23)11-16-13(2)24-14(3)21-16)15-7-4-5-8-17(15)22-10-6-9-19-22/h4-10,12H,11H2,1-3H3,(H,20,23)/t12-/m0/s1. The van der Waals surface area contributed by atoms with Gasteiger partial charge < -0.3 is 5.32 Å². The van der Waals surface area contributed by atoms with Gasteiger partial charge in [-0.05, 0) is 38.5 Å². The number of hydrogen-bond donors (Lipinski definition) is 1. The van der Waals surface area contributed by atoms with Gasteiger partial charge in [-0.2, -0.15) is 5.10 Å². The molecule has 6 heteroatoms. The number of aryl methyl sites for hydroxylation is 2. The second-order valence-corrected chi connectivity index (χ2v) is 7.12. The van der Waals surface area contributed by atoms with Crippen LogP contribution in [0.5, 0.6) is 0 Å². The van der Waals surface area contributed by atoms with Crippen molar-refractivity contribution in [3.63, 3.8) is 0 Å². The summed E-state index contributed by atoms with van der Waals surface area (Å²) in [6, 6.07) is 9.72. The minimum atomic E-state index is -0.113. The molecule has 1 atom stereocenters. The van der Waals surface area contributed by atoms with Crippen LogP contribution in [0.3, 0.4) is 0 Å². The maximum Gasteiger partial charge on any atom is 0.226 e. The molecule has 0 saturated carbocycles. The van der Waals surface area contributed by atoms with Gasteiger partial charge in [0.1, 0.15) is 0 Å².